The van der Waals surface area contributed by atoms with Crippen molar-refractivity contribution in [3.8, 4) is 11.9 Å². The number of hydrogen-bond acceptors (Lipinski definition) is 4. The van der Waals surface area contributed by atoms with Crippen LogP contribution < -0.4 is 5.73 Å². The molecule has 0 unspecified atom stereocenters. The van der Waals surface area contributed by atoms with Crippen LogP contribution in [0.15, 0.2) is 6.07 Å². The van der Waals surface area contributed by atoms with Crippen molar-refractivity contribution in [1.82, 2.24) is 19.6 Å². The van der Waals surface area contributed by atoms with E-state index in [4.69, 9.17) is 22.6 Å². The predicted molar refractivity (Wildman–Crippen MR) is 59.5 cm³/mol. The van der Waals surface area contributed by atoms with Crippen LogP contribution in [0.25, 0.3) is 5.82 Å². The summed E-state index contributed by atoms with van der Waals surface area (Å²) in [6.45, 7) is 0. The second kappa shape index (κ2) is 4.17. The number of anilines is 1. The zero-order chi connectivity index (χ0) is 14.4. The van der Waals surface area contributed by atoms with Gasteiger partial charge in [0.25, 0.3) is 0 Å². The van der Waals surface area contributed by atoms with Crippen molar-refractivity contribution in [3.63, 3.8) is 0 Å². The largest absolute Gasteiger partial charge is 0.433 e. The molecule has 100 valence electrons. The van der Waals surface area contributed by atoms with E-state index in [1.807, 2.05) is 0 Å². The number of halogens is 4. The molecule has 0 spiro atoms. The van der Waals surface area contributed by atoms with Crippen molar-refractivity contribution >= 4 is 17.4 Å². The molecule has 0 aromatic carbocycles. The molecule has 10 heteroatoms. The van der Waals surface area contributed by atoms with Crippen LogP contribution in [0.1, 0.15) is 11.3 Å². The highest BCUT2D eigenvalue weighted by Crippen LogP contribution is 2.31. The molecule has 0 saturated carbocycles. The van der Waals surface area contributed by atoms with E-state index >= 15 is 0 Å². The van der Waals surface area contributed by atoms with Gasteiger partial charge in [0, 0.05) is 13.1 Å². The first-order valence-electron chi connectivity index (χ1n) is 4.81. The number of nitrogen functional groups attached to an aromatic ring is 1. The first-order chi connectivity index (χ1) is 8.75. The Kier molecular flexibility index (Phi) is 2.90. The van der Waals surface area contributed by atoms with Gasteiger partial charge in [-0.05, 0) is 0 Å². The molecule has 0 saturated heterocycles. The molecule has 0 aliphatic heterocycles. The third kappa shape index (κ3) is 2.10. The number of hydrogen-bond donors (Lipinski definition) is 1. The number of alkyl halides is 3. The Balaban J connectivity index is 2.59. The minimum atomic E-state index is -4.55. The molecule has 2 heterocycles. The standard InChI is InChI=1S/C9H6ClF3N6/c1-18-5(9(11,12)13)2-6(16-18)19-8(15)4(3-14)7(10)17-19/h2H,15H2,1H3. The predicted octanol–water partition coefficient (Wildman–Crippen LogP) is 1.73. The molecule has 2 aromatic rings. The van der Waals surface area contributed by atoms with Crippen molar-refractivity contribution in [2.75, 3.05) is 5.73 Å². The Bertz CT molecular complexity index is 677. The monoisotopic (exact) mass is 290 g/mol. The van der Waals surface area contributed by atoms with E-state index in [-0.39, 0.29) is 22.4 Å². The topological polar surface area (TPSA) is 85.5 Å². The fraction of sp³-hybridized carbons (Fsp3) is 0.222. The van der Waals surface area contributed by atoms with Crippen molar-refractivity contribution < 1.29 is 13.2 Å². The van der Waals surface area contributed by atoms with Gasteiger partial charge >= 0.3 is 6.18 Å². The van der Waals surface area contributed by atoms with Crippen LogP contribution >= 0.6 is 11.6 Å². The highest BCUT2D eigenvalue weighted by atomic mass is 35.5. The first kappa shape index (κ1) is 13.2. The summed E-state index contributed by atoms with van der Waals surface area (Å²) >= 11 is 5.65. The number of nitrogens with two attached hydrogens (primary N) is 1. The molecule has 0 atom stereocenters. The highest BCUT2D eigenvalue weighted by molar-refractivity contribution is 6.31. The average molecular weight is 291 g/mol. The summed E-state index contributed by atoms with van der Waals surface area (Å²) < 4.78 is 39.4. The van der Waals surface area contributed by atoms with Gasteiger partial charge in [0.05, 0.1) is 0 Å². The Labute approximate surface area is 109 Å². The number of rotatable bonds is 1. The lowest BCUT2D eigenvalue weighted by Crippen LogP contribution is -2.11. The molecular formula is C9H6ClF3N6. The molecule has 0 bridgehead atoms. The minimum Gasteiger partial charge on any atom is -0.382 e. The third-order valence-corrected chi connectivity index (χ3v) is 2.63. The number of nitriles is 1. The van der Waals surface area contributed by atoms with E-state index < -0.39 is 11.9 Å². The van der Waals surface area contributed by atoms with Crippen molar-refractivity contribution in [1.29, 1.82) is 5.26 Å². The highest BCUT2D eigenvalue weighted by Gasteiger charge is 2.35. The summed E-state index contributed by atoms with van der Waals surface area (Å²) in [7, 11) is 1.14. The quantitative estimate of drug-likeness (QED) is 0.866. The molecule has 0 amide bonds. The molecular weight excluding hydrogens is 285 g/mol. The van der Waals surface area contributed by atoms with Gasteiger partial charge in [-0.15, -0.1) is 0 Å². The van der Waals surface area contributed by atoms with Crippen molar-refractivity contribution in [2.24, 2.45) is 7.05 Å². The van der Waals surface area contributed by atoms with Gasteiger partial charge < -0.3 is 5.73 Å². The zero-order valence-electron chi connectivity index (χ0n) is 9.40. The second-order valence-corrected chi connectivity index (χ2v) is 3.94. The molecule has 0 fully saturated rings. The number of nitrogens with zero attached hydrogens (tertiary/aromatic N) is 5. The first-order valence-corrected chi connectivity index (χ1v) is 5.19. The van der Waals surface area contributed by atoms with Crippen LogP contribution in [0, 0.1) is 11.3 Å². The summed E-state index contributed by atoms with van der Waals surface area (Å²) in [5.41, 5.74) is 4.50. The average Bonchev–Trinajstić information content (AvgIpc) is 2.79. The smallest absolute Gasteiger partial charge is 0.382 e. The summed E-state index contributed by atoms with van der Waals surface area (Å²) in [6, 6.07) is 2.47. The lowest BCUT2D eigenvalue weighted by atomic mass is 10.3. The van der Waals surface area contributed by atoms with Crippen LogP contribution in [0.3, 0.4) is 0 Å². The lowest BCUT2D eigenvalue weighted by Gasteiger charge is -2.04. The maximum Gasteiger partial charge on any atom is 0.433 e. The second-order valence-electron chi connectivity index (χ2n) is 3.58. The maximum absolute atomic E-state index is 12.6. The van der Waals surface area contributed by atoms with Gasteiger partial charge in [0.15, 0.2) is 11.0 Å². The van der Waals surface area contributed by atoms with Gasteiger partial charge in [-0.3, -0.25) is 4.68 Å². The molecule has 0 aliphatic carbocycles. The van der Waals surface area contributed by atoms with Crippen LogP contribution in [-0.4, -0.2) is 19.6 Å². The third-order valence-electron chi connectivity index (χ3n) is 2.36. The van der Waals surface area contributed by atoms with Crippen LogP contribution in [0.2, 0.25) is 5.15 Å². The Morgan fingerprint density at radius 3 is 2.47 bits per heavy atom. The molecule has 6 nitrogen and oxygen atoms in total. The summed E-state index contributed by atoms with van der Waals surface area (Å²) in [6.07, 6.45) is -4.55. The van der Waals surface area contributed by atoms with Gasteiger partial charge in [0.1, 0.15) is 23.1 Å². The van der Waals surface area contributed by atoms with E-state index in [0.29, 0.717) is 4.68 Å². The van der Waals surface area contributed by atoms with Gasteiger partial charge in [-0.1, -0.05) is 11.6 Å². The van der Waals surface area contributed by atoms with Crippen molar-refractivity contribution in [3.05, 3.63) is 22.5 Å². The Morgan fingerprint density at radius 1 is 1.42 bits per heavy atom. The lowest BCUT2D eigenvalue weighted by molar-refractivity contribution is -0.143. The SMILES string of the molecule is Cn1nc(-n2nc(Cl)c(C#N)c2N)cc1C(F)(F)F. The van der Waals surface area contributed by atoms with Crippen LogP contribution in [-0.2, 0) is 13.2 Å². The number of aryl methyl sites for hydroxylation is 1. The van der Waals surface area contributed by atoms with Gasteiger partial charge in [0.2, 0.25) is 0 Å². The normalized spacial score (nSPS) is 11.6. The fourth-order valence-electron chi connectivity index (χ4n) is 1.50. The summed E-state index contributed by atoms with van der Waals surface area (Å²) in [5.74, 6) is -0.338. The van der Waals surface area contributed by atoms with Gasteiger partial charge in [-0.2, -0.15) is 33.3 Å². The molecule has 19 heavy (non-hydrogen) atoms. The zero-order valence-corrected chi connectivity index (χ0v) is 10.2. The summed E-state index contributed by atoms with van der Waals surface area (Å²) in [5, 5.41) is 15.9. The van der Waals surface area contributed by atoms with E-state index in [2.05, 4.69) is 10.2 Å². The number of aromatic nitrogens is 4. The van der Waals surface area contributed by atoms with E-state index in [1.54, 1.807) is 6.07 Å². The molecule has 0 aliphatic rings. The fourth-order valence-corrected chi connectivity index (χ4v) is 1.72. The molecule has 2 rings (SSSR count). The molecule has 2 aromatic heterocycles. The van der Waals surface area contributed by atoms with Crippen LogP contribution in [0.4, 0.5) is 19.0 Å². The minimum absolute atomic E-state index is 0.110. The maximum atomic E-state index is 12.6. The van der Waals surface area contributed by atoms with Crippen molar-refractivity contribution in [2.45, 2.75) is 6.18 Å². The van der Waals surface area contributed by atoms with E-state index in [0.717, 1.165) is 17.8 Å². The molecule has 2 N–H and O–H groups in total. The van der Waals surface area contributed by atoms with E-state index in [9.17, 15) is 13.2 Å². The van der Waals surface area contributed by atoms with Gasteiger partial charge in [-0.25, -0.2) is 0 Å². The van der Waals surface area contributed by atoms with E-state index in [1.165, 1.54) is 0 Å². The summed E-state index contributed by atoms with van der Waals surface area (Å²) in [4.78, 5) is 0. The Hall–Kier alpha value is -2.21. The Morgan fingerprint density at radius 2 is 2.05 bits per heavy atom. The van der Waals surface area contributed by atoms with Crippen LogP contribution in [0.5, 0.6) is 0 Å². The molecule has 0 radical (unpaired) electrons.